The Hall–Kier alpha value is -2.84. The Balaban J connectivity index is 1.01. The summed E-state index contributed by atoms with van der Waals surface area (Å²) in [6, 6.07) is 12.3. The second kappa shape index (κ2) is 19.1. The summed E-state index contributed by atoms with van der Waals surface area (Å²) in [7, 11) is 0. The molecule has 0 aliphatic heterocycles. The summed E-state index contributed by atoms with van der Waals surface area (Å²) in [6.45, 7) is 9.57. The van der Waals surface area contributed by atoms with E-state index in [0.717, 1.165) is 138 Å². The van der Waals surface area contributed by atoms with Crippen molar-refractivity contribution in [3.05, 3.63) is 63.6 Å². The number of unbranched alkanes of at least 4 members (excludes halogenated alkanes) is 6. The van der Waals surface area contributed by atoms with E-state index >= 15 is 0 Å². The Morgan fingerprint density at radius 1 is 0.620 bits per heavy atom. The van der Waals surface area contributed by atoms with Crippen molar-refractivity contribution in [1.29, 1.82) is 0 Å². The number of nitrogens with zero attached hydrogens (tertiary/aromatic N) is 1. The molecule has 280 valence electrons. The number of aliphatic hydroxyl groups excluding tert-OH is 2. The largest absolute Gasteiger partial charge is 0.508 e. The molecule has 0 spiro atoms. The van der Waals surface area contributed by atoms with Gasteiger partial charge < -0.3 is 20.4 Å². The van der Waals surface area contributed by atoms with Gasteiger partial charge in [-0.3, -0.25) is 0 Å². The topological polar surface area (TPSA) is 119 Å². The van der Waals surface area contributed by atoms with Crippen LogP contribution in [0.3, 0.4) is 0 Å². The maximum absolute atomic E-state index is 11.9. The number of phenolic OH excluding ortho intramolecular Hbond substituents is 2. The first-order chi connectivity index (χ1) is 23.9. The Bertz CT molecular complexity index is 1240. The first kappa shape index (κ1) is 39.9. The minimum atomic E-state index is -0.262. The first-order valence-corrected chi connectivity index (χ1v) is 19.6. The van der Waals surface area contributed by atoms with Crippen LogP contribution < -0.4 is 0 Å². The van der Waals surface area contributed by atoms with Gasteiger partial charge in [0, 0.05) is 0 Å². The number of benzene rings is 2. The summed E-state index contributed by atoms with van der Waals surface area (Å²) in [6.07, 6.45) is 16.5. The van der Waals surface area contributed by atoms with E-state index in [1.165, 1.54) is 0 Å². The zero-order valence-corrected chi connectivity index (χ0v) is 31.4. The van der Waals surface area contributed by atoms with Crippen LogP contribution in [0, 0.1) is 4.91 Å². The van der Waals surface area contributed by atoms with Crippen molar-refractivity contribution in [2.75, 3.05) is 13.2 Å². The van der Waals surface area contributed by atoms with Gasteiger partial charge in [0.15, 0.2) is 13.2 Å². The highest BCUT2D eigenvalue weighted by Gasteiger charge is 2.28. The van der Waals surface area contributed by atoms with Gasteiger partial charge in [0.1, 0.15) is 16.4 Å². The fourth-order valence-electron chi connectivity index (χ4n) is 8.16. The normalized spacial score (nSPS) is 21.6. The second-order valence-electron chi connectivity index (χ2n) is 16.6. The van der Waals surface area contributed by atoms with Crippen molar-refractivity contribution in [2.45, 2.75) is 178 Å². The lowest BCUT2D eigenvalue weighted by atomic mass is 9.77. The third-order valence-corrected chi connectivity index (χ3v) is 11.6. The molecule has 2 fully saturated rings. The van der Waals surface area contributed by atoms with Crippen molar-refractivity contribution in [3.8, 4) is 11.5 Å². The lowest BCUT2D eigenvalue weighted by Gasteiger charge is -2.29. The number of hydrogen-bond donors (Lipinski definition) is 4. The molecule has 2 aromatic rings. The molecule has 4 N–H and O–H groups in total. The molecule has 2 aromatic carbocycles. The van der Waals surface area contributed by atoms with Crippen LogP contribution >= 0.6 is 0 Å². The third kappa shape index (κ3) is 12.1. The Morgan fingerprint density at radius 2 is 1.02 bits per heavy atom. The van der Waals surface area contributed by atoms with Gasteiger partial charge in [-0.2, -0.15) is 9.68 Å². The molecule has 0 aromatic heterocycles. The Labute approximate surface area is 301 Å². The van der Waals surface area contributed by atoms with Crippen LogP contribution in [0.5, 0.6) is 11.5 Å². The molecule has 2 aliphatic rings. The van der Waals surface area contributed by atoms with E-state index in [0.29, 0.717) is 24.7 Å². The number of aromatic hydroxyl groups is 2. The molecule has 0 amide bonds. The Kier molecular flexibility index (Phi) is 15.3. The maximum atomic E-state index is 11.9. The summed E-state index contributed by atoms with van der Waals surface area (Å²) < 4.78 is 0. The lowest BCUT2D eigenvalue weighted by molar-refractivity contribution is -0.981. The summed E-state index contributed by atoms with van der Waals surface area (Å²) in [4.78, 5) is 22.3. The zero-order chi connectivity index (χ0) is 36.1. The molecular weight excluding hydrogens is 630 g/mol. The van der Waals surface area contributed by atoms with E-state index in [9.17, 15) is 25.3 Å². The molecule has 8 heteroatoms. The van der Waals surface area contributed by atoms with Crippen molar-refractivity contribution in [1.82, 2.24) is 0 Å². The van der Waals surface area contributed by atoms with Gasteiger partial charge in [-0.25, -0.2) is 0 Å². The van der Waals surface area contributed by atoms with E-state index in [4.69, 9.17) is 9.68 Å². The minimum Gasteiger partial charge on any atom is -0.508 e. The molecule has 0 heterocycles. The van der Waals surface area contributed by atoms with Crippen LogP contribution in [0.25, 0.3) is 0 Å². The average molecular weight is 697 g/mol. The van der Waals surface area contributed by atoms with Gasteiger partial charge in [0.25, 0.3) is 0 Å². The molecule has 8 nitrogen and oxygen atoms in total. The monoisotopic (exact) mass is 696 g/mol. The summed E-state index contributed by atoms with van der Waals surface area (Å²) >= 11 is 0. The quantitative estimate of drug-likeness (QED) is 0.0804. The van der Waals surface area contributed by atoms with E-state index in [1.54, 1.807) is 0 Å². The maximum Gasteiger partial charge on any atom is 0.477 e. The van der Waals surface area contributed by atoms with Crippen molar-refractivity contribution < 1.29 is 35.2 Å². The van der Waals surface area contributed by atoms with E-state index < -0.39 is 0 Å². The van der Waals surface area contributed by atoms with E-state index in [2.05, 4.69) is 52.0 Å². The molecule has 0 saturated heterocycles. The third-order valence-electron chi connectivity index (χ3n) is 11.6. The summed E-state index contributed by atoms with van der Waals surface area (Å²) in [5, 5.41) is 41.9. The SMILES string of the molecule is CC(C)(CCCCCCO[N+](=O)OCCCCCCC(C)(C)c1ccc([C@H]2CCC[C@@H](O)C2)c(O)c1)c1ccc([C@H]2CCC[C@@H](O)C2)c(O)c1. The van der Waals surface area contributed by atoms with Gasteiger partial charge in [0.2, 0.25) is 0 Å². The van der Waals surface area contributed by atoms with Gasteiger partial charge in [-0.05, 0) is 134 Å². The number of hydrogen-bond acceptors (Lipinski definition) is 7. The molecule has 0 bridgehead atoms. The molecule has 50 heavy (non-hydrogen) atoms. The van der Waals surface area contributed by atoms with Crippen molar-refractivity contribution in [2.24, 2.45) is 0 Å². The van der Waals surface area contributed by atoms with E-state index in [1.807, 2.05) is 12.1 Å². The highest BCUT2D eigenvalue weighted by Crippen LogP contribution is 2.41. The van der Waals surface area contributed by atoms with Gasteiger partial charge in [-0.1, -0.05) is 90.5 Å². The number of aliphatic hydroxyl groups is 2. The Morgan fingerprint density at radius 3 is 1.40 bits per heavy atom. The molecule has 4 atom stereocenters. The molecule has 0 radical (unpaired) electrons. The molecule has 0 unspecified atom stereocenters. The van der Waals surface area contributed by atoms with Gasteiger partial charge in [0.05, 0.1) is 12.2 Å². The molecule has 2 saturated carbocycles. The number of rotatable bonds is 20. The number of phenols is 2. The molecule has 4 rings (SSSR count). The molecule has 2 aliphatic carbocycles. The predicted octanol–water partition coefficient (Wildman–Crippen LogP) is 9.93. The fourth-order valence-corrected chi connectivity index (χ4v) is 8.16. The highest BCUT2D eigenvalue weighted by molar-refractivity contribution is 5.42. The van der Waals surface area contributed by atoms with Crippen LogP contribution in [0.2, 0.25) is 0 Å². The van der Waals surface area contributed by atoms with Crippen molar-refractivity contribution >= 4 is 0 Å². The van der Waals surface area contributed by atoms with Crippen LogP contribution in [0.1, 0.15) is 177 Å². The first-order valence-electron chi connectivity index (χ1n) is 19.6. The van der Waals surface area contributed by atoms with Crippen LogP contribution in [0.4, 0.5) is 0 Å². The van der Waals surface area contributed by atoms with Crippen molar-refractivity contribution in [3.63, 3.8) is 0 Å². The predicted molar refractivity (Wildman–Crippen MR) is 198 cm³/mol. The summed E-state index contributed by atoms with van der Waals surface area (Å²) in [5.74, 6) is 1.18. The minimum absolute atomic E-state index is 0.0503. The second-order valence-corrected chi connectivity index (χ2v) is 16.6. The standard InChI is InChI=1S/C42H65NO7/c1-41(2,33-19-21-37(39(46)29-33)31-15-13-17-35(44)27-31)23-9-5-7-11-25-49-43(48)50-26-12-8-6-10-24-42(3,4)34-20-22-38(40(47)30-34)32-16-14-18-36(45)28-32/h19-22,29-32,35-36,44-45H,5-18,23-28H2,1-4H3,(H-,46,47)/p+1/t31-,32-,35+,36+/m0/s1. The molecular formula is C42H66NO7+. The average Bonchev–Trinajstić information content (AvgIpc) is 3.07. The fraction of sp³-hybridized carbons (Fsp3) is 0.714. The van der Waals surface area contributed by atoms with Crippen LogP contribution in [0.15, 0.2) is 36.4 Å². The van der Waals surface area contributed by atoms with Crippen LogP contribution in [-0.4, -0.2) is 50.9 Å². The summed E-state index contributed by atoms with van der Waals surface area (Å²) in [5.41, 5.74) is 4.11. The van der Waals surface area contributed by atoms with Crippen LogP contribution in [-0.2, 0) is 20.5 Å². The zero-order valence-electron chi connectivity index (χ0n) is 31.4. The smallest absolute Gasteiger partial charge is 0.477 e. The van der Waals surface area contributed by atoms with Gasteiger partial charge >= 0.3 is 5.09 Å². The van der Waals surface area contributed by atoms with E-state index in [-0.39, 0.29) is 40.0 Å². The lowest BCUT2D eigenvalue weighted by Crippen LogP contribution is -2.19. The van der Waals surface area contributed by atoms with Gasteiger partial charge in [-0.15, -0.1) is 0 Å². The highest BCUT2D eigenvalue weighted by atomic mass is 17.0.